The number of aromatic nitrogens is 2. The monoisotopic (exact) mass is 212 g/mol. The number of rotatable bonds is 2. The fourth-order valence-electron chi connectivity index (χ4n) is 1.60. The predicted octanol–water partition coefficient (Wildman–Crippen LogP) is 0.631. The van der Waals surface area contributed by atoms with Gasteiger partial charge in [-0.2, -0.15) is 0 Å². The van der Waals surface area contributed by atoms with E-state index in [4.69, 9.17) is 5.73 Å². The molecule has 0 saturated carbocycles. The summed E-state index contributed by atoms with van der Waals surface area (Å²) in [5.74, 6) is 0.200. The molecule has 1 aromatic rings. The molecule has 1 atom stereocenters. The topological polar surface area (TPSA) is 72.1 Å². The first-order valence-electron chi connectivity index (χ1n) is 4.54. The van der Waals surface area contributed by atoms with Gasteiger partial charge >= 0.3 is 0 Å². The molecule has 14 heavy (non-hydrogen) atoms. The van der Waals surface area contributed by atoms with Crippen molar-refractivity contribution in [1.82, 2.24) is 15.1 Å². The smallest absolute Gasteiger partial charge is 0.223 e. The summed E-state index contributed by atoms with van der Waals surface area (Å²) < 4.78 is 0. The predicted molar refractivity (Wildman–Crippen MR) is 53.6 cm³/mol. The lowest BCUT2D eigenvalue weighted by molar-refractivity contribution is -0.129. The molecule has 1 saturated heterocycles. The van der Waals surface area contributed by atoms with Gasteiger partial charge in [0.25, 0.3) is 0 Å². The SMILES string of the molecule is CC1CCC(=O)N1Cc1nnc(N)s1. The summed E-state index contributed by atoms with van der Waals surface area (Å²) in [6.45, 7) is 2.60. The molecule has 0 radical (unpaired) electrons. The number of hydrogen-bond acceptors (Lipinski definition) is 5. The summed E-state index contributed by atoms with van der Waals surface area (Å²) in [5, 5.41) is 8.88. The van der Waals surface area contributed by atoms with Crippen molar-refractivity contribution in [2.45, 2.75) is 32.4 Å². The van der Waals surface area contributed by atoms with Gasteiger partial charge in [0.1, 0.15) is 5.01 Å². The Bertz CT molecular complexity index is 351. The third-order valence-corrected chi connectivity index (χ3v) is 3.15. The molecule has 1 aromatic heterocycles. The van der Waals surface area contributed by atoms with Crippen LogP contribution in [0.2, 0.25) is 0 Å². The van der Waals surface area contributed by atoms with Gasteiger partial charge in [0, 0.05) is 12.5 Å². The van der Waals surface area contributed by atoms with Crippen molar-refractivity contribution in [2.75, 3.05) is 5.73 Å². The molecule has 1 aliphatic heterocycles. The molecule has 6 heteroatoms. The number of carbonyl (C=O) groups excluding carboxylic acids is 1. The van der Waals surface area contributed by atoms with Crippen LogP contribution in [0.5, 0.6) is 0 Å². The maximum Gasteiger partial charge on any atom is 0.223 e. The first kappa shape index (κ1) is 9.39. The highest BCUT2D eigenvalue weighted by molar-refractivity contribution is 7.15. The third kappa shape index (κ3) is 1.70. The Hall–Kier alpha value is -1.17. The number of nitrogen functional groups attached to an aromatic ring is 1. The van der Waals surface area contributed by atoms with Gasteiger partial charge in [-0.15, -0.1) is 10.2 Å². The first-order valence-corrected chi connectivity index (χ1v) is 5.36. The van der Waals surface area contributed by atoms with Gasteiger partial charge in [-0.3, -0.25) is 4.79 Å². The third-order valence-electron chi connectivity index (χ3n) is 2.42. The van der Waals surface area contributed by atoms with Crippen molar-refractivity contribution >= 4 is 22.4 Å². The van der Waals surface area contributed by atoms with Crippen LogP contribution in [-0.4, -0.2) is 27.0 Å². The molecule has 76 valence electrons. The van der Waals surface area contributed by atoms with Crippen LogP contribution in [0.4, 0.5) is 5.13 Å². The molecule has 1 fully saturated rings. The highest BCUT2D eigenvalue weighted by atomic mass is 32.1. The zero-order valence-electron chi connectivity index (χ0n) is 7.93. The lowest BCUT2D eigenvalue weighted by Gasteiger charge is -2.19. The highest BCUT2D eigenvalue weighted by Gasteiger charge is 2.28. The van der Waals surface area contributed by atoms with Crippen LogP contribution in [0.1, 0.15) is 24.8 Å². The second-order valence-electron chi connectivity index (χ2n) is 3.44. The van der Waals surface area contributed by atoms with Gasteiger partial charge in [-0.25, -0.2) is 0 Å². The van der Waals surface area contributed by atoms with Crippen LogP contribution in [0.15, 0.2) is 0 Å². The van der Waals surface area contributed by atoms with Crippen LogP contribution in [0.3, 0.4) is 0 Å². The molecular weight excluding hydrogens is 200 g/mol. The molecule has 2 N–H and O–H groups in total. The van der Waals surface area contributed by atoms with Crippen LogP contribution in [0.25, 0.3) is 0 Å². The minimum Gasteiger partial charge on any atom is -0.374 e. The fraction of sp³-hybridized carbons (Fsp3) is 0.625. The Kier molecular flexibility index (Phi) is 2.37. The van der Waals surface area contributed by atoms with Crippen molar-refractivity contribution < 1.29 is 4.79 Å². The lowest BCUT2D eigenvalue weighted by Crippen LogP contribution is -2.30. The van der Waals surface area contributed by atoms with E-state index in [1.54, 1.807) is 0 Å². The second kappa shape index (κ2) is 3.53. The molecular formula is C8H12N4OS. The van der Waals surface area contributed by atoms with E-state index in [0.29, 0.717) is 24.1 Å². The van der Waals surface area contributed by atoms with E-state index >= 15 is 0 Å². The molecule has 0 spiro atoms. The van der Waals surface area contributed by atoms with E-state index in [1.807, 2.05) is 4.90 Å². The Morgan fingerprint density at radius 3 is 2.93 bits per heavy atom. The quantitative estimate of drug-likeness (QED) is 0.780. The summed E-state index contributed by atoms with van der Waals surface area (Å²) in [4.78, 5) is 13.3. The Morgan fingerprint density at radius 1 is 1.64 bits per heavy atom. The summed E-state index contributed by atoms with van der Waals surface area (Å²) in [6, 6.07) is 0.313. The minimum atomic E-state index is 0.200. The van der Waals surface area contributed by atoms with Crippen LogP contribution in [-0.2, 0) is 11.3 Å². The number of carbonyl (C=O) groups is 1. The fourth-order valence-corrected chi connectivity index (χ4v) is 2.21. The van der Waals surface area contributed by atoms with Crippen molar-refractivity contribution in [3.63, 3.8) is 0 Å². The van der Waals surface area contributed by atoms with Crippen molar-refractivity contribution in [1.29, 1.82) is 0 Å². The first-order chi connectivity index (χ1) is 6.66. The van der Waals surface area contributed by atoms with Gasteiger partial charge in [0.15, 0.2) is 0 Å². The van der Waals surface area contributed by atoms with Gasteiger partial charge < -0.3 is 10.6 Å². The molecule has 0 aromatic carbocycles. The summed E-state index contributed by atoms with van der Waals surface area (Å²) in [5.41, 5.74) is 5.46. The molecule has 2 rings (SSSR count). The van der Waals surface area contributed by atoms with E-state index in [2.05, 4.69) is 17.1 Å². The molecule has 1 amide bonds. The van der Waals surface area contributed by atoms with Crippen LogP contribution >= 0.6 is 11.3 Å². The van der Waals surface area contributed by atoms with Gasteiger partial charge in [-0.1, -0.05) is 11.3 Å². The number of nitrogens with two attached hydrogens (primary N) is 1. The summed E-state index contributed by atoms with van der Waals surface area (Å²) >= 11 is 1.34. The molecule has 2 heterocycles. The summed E-state index contributed by atoms with van der Waals surface area (Å²) in [7, 11) is 0. The normalized spacial score (nSPS) is 21.9. The number of nitrogens with zero attached hydrogens (tertiary/aromatic N) is 3. The van der Waals surface area contributed by atoms with E-state index in [1.165, 1.54) is 11.3 Å². The summed E-state index contributed by atoms with van der Waals surface area (Å²) in [6.07, 6.45) is 1.59. The number of likely N-dealkylation sites (tertiary alicyclic amines) is 1. The molecule has 0 aliphatic carbocycles. The average molecular weight is 212 g/mol. The van der Waals surface area contributed by atoms with Gasteiger partial charge in [-0.05, 0) is 13.3 Å². The molecule has 0 bridgehead atoms. The van der Waals surface area contributed by atoms with E-state index in [9.17, 15) is 4.79 Å². The molecule has 1 aliphatic rings. The van der Waals surface area contributed by atoms with Gasteiger partial charge in [0.2, 0.25) is 11.0 Å². The Morgan fingerprint density at radius 2 is 2.43 bits per heavy atom. The van der Waals surface area contributed by atoms with E-state index < -0.39 is 0 Å². The Balaban J connectivity index is 2.06. The molecule has 1 unspecified atom stereocenters. The van der Waals surface area contributed by atoms with Crippen LogP contribution < -0.4 is 5.73 Å². The largest absolute Gasteiger partial charge is 0.374 e. The minimum absolute atomic E-state index is 0.200. The zero-order chi connectivity index (χ0) is 10.1. The van der Waals surface area contributed by atoms with E-state index in [0.717, 1.165) is 11.4 Å². The van der Waals surface area contributed by atoms with Crippen molar-refractivity contribution in [3.05, 3.63) is 5.01 Å². The van der Waals surface area contributed by atoms with Crippen LogP contribution in [0, 0.1) is 0 Å². The van der Waals surface area contributed by atoms with E-state index in [-0.39, 0.29) is 5.91 Å². The Labute approximate surface area is 85.9 Å². The molecule has 5 nitrogen and oxygen atoms in total. The zero-order valence-corrected chi connectivity index (χ0v) is 8.75. The number of hydrogen-bond donors (Lipinski definition) is 1. The van der Waals surface area contributed by atoms with Gasteiger partial charge in [0.05, 0.1) is 6.54 Å². The second-order valence-corrected chi connectivity index (χ2v) is 4.54. The maximum atomic E-state index is 11.4. The lowest BCUT2D eigenvalue weighted by atomic mass is 10.2. The van der Waals surface area contributed by atoms with Crippen molar-refractivity contribution in [2.24, 2.45) is 0 Å². The average Bonchev–Trinajstić information content (AvgIpc) is 2.67. The number of anilines is 1. The highest BCUT2D eigenvalue weighted by Crippen LogP contribution is 2.22. The maximum absolute atomic E-state index is 11.4. The standard InChI is InChI=1S/C8H12N4OS/c1-5-2-3-7(13)12(5)4-6-10-11-8(9)14-6/h5H,2-4H2,1H3,(H2,9,11). The number of amides is 1. The van der Waals surface area contributed by atoms with Crippen molar-refractivity contribution in [3.8, 4) is 0 Å².